The monoisotopic (exact) mass is 432 g/mol. The normalized spacial score (nSPS) is 16.7. The predicted octanol–water partition coefficient (Wildman–Crippen LogP) is 3.93. The maximum Gasteiger partial charge on any atom is 0.227 e. The Morgan fingerprint density at radius 1 is 1.22 bits per heavy atom. The summed E-state index contributed by atoms with van der Waals surface area (Å²) in [5.41, 5.74) is 2.75. The summed E-state index contributed by atoms with van der Waals surface area (Å²) in [6, 6.07) is 9.89. The summed E-state index contributed by atoms with van der Waals surface area (Å²) < 4.78 is 7.63. The zero-order chi connectivity index (χ0) is 22.2. The van der Waals surface area contributed by atoms with E-state index in [-0.39, 0.29) is 11.8 Å². The number of aryl methyl sites for hydroxylation is 1. The molecule has 1 aliphatic rings. The molecule has 0 radical (unpaired) electrons. The third-order valence-electron chi connectivity index (χ3n) is 6.35. The second kappa shape index (κ2) is 8.26. The standard InChI is InChI=1S/C24H28N6O2/c1-4-28(5-2)23(31)17-8-6-12-29(15-17)24-25-19-11-10-16(3)14-18(19)21-26-27-22(30(21)24)20-9-7-13-32-20/h7,9-11,13-14,17H,4-6,8,12,15H2,1-3H3/t17-/m1/s1. The van der Waals surface area contributed by atoms with Gasteiger partial charge in [0.05, 0.1) is 17.7 Å². The highest BCUT2D eigenvalue weighted by Crippen LogP contribution is 2.31. The van der Waals surface area contributed by atoms with Gasteiger partial charge in [0.1, 0.15) is 0 Å². The van der Waals surface area contributed by atoms with E-state index in [0.29, 0.717) is 18.1 Å². The second-order valence-electron chi connectivity index (χ2n) is 8.39. The minimum Gasteiger partial charge on any atom is -0.461 e. The molecule has 8 nitrogen and oxygen atoms in total. The van der Waals surface area contributed by atoms with Crippen molar-refractivity contribution in [2.24, 2.45) is 5.92 Å². The third kappa shape index (κ3) is 3.39. The first-order valence-corrected chi connectivity index (χ1v) is 11.3. The number of furan rings is 1. The number of anilines is 1. The average Bonchev–Trinajstić information content (AvgIpc) is 3.49. The summed E-state index contributed by atoms with van der Waals surface area (Å²) in [5.74, 6) is 2.19. The van der Waals surface area contributed by atoms with Gasteiger partial charge in [-0.2, -0.15) is 0 Å². The Morgan fingerprint density at radius 3 is 2.81 bits per heavy atom. The average molecular weight is 433 g/mol. The lowest BCUT2D eigenvalue weighted by molar-refractivity contribution is -0.135. The Balaban J connectivity index is 1.64. The van der Waals surface area contributed by atoms with Crippen molar-refractivity contribution >= 4 is 28.4 Å². The van der Waals surface area contributed by atoms with Gasteiger partial charge >= 0.3 is 0 Å². The SMILES string of the molecule is CCN(CC)C(=O)[C@@H]1CCCN(c2nc3ccc(C)cc3c3nnc(-c4ccco4)n23)C1. The van der Waals surface area contributed by atoms with E-state index < -0.39 is 0 Å². The Hall–Kier alpha value is -3.42. The van der Waals surface area contributed by atoms with Crippen molar-refractivity contribution in [3.8, 4) is 11.6 Å². The van der Waals surface area contributed by atoms with Crippen LogP contribution >= 0.6 is 0 Å². The van der Waals surface area contributed by atoms with Gasteiger partial charge in [0.15, 0.2) is 11.4 Å². The number of fused-ring (bicyclic) bond motifs is 3. The van der Waals surface area contributed by atoms with Crippen LogP contribution in [0.2, 0.25) is 0 Å². The molecule has 1 aromatic carbocycles. The Bertz CT molecular complexity index is 1260. The molecule has 0 aliphatic carbocycles. The van der Waals surface area contributed by atoms with E-state index in [4.69, 9.17) is 9.40 Å². The van der Waals surface area contributed by atoms with Crippen LogP contribution in [0.25, 0.3) is 28.1 Å². The van der Waals surface area contributed by atoms with Gasteiger partial charge in [-0.3, -0.25) is 4.79 Å². The van der Waals surface area contributed by atoms with Crippen LogP contribution in [0.3, 0.4) is 0 Å². The quantitative estimate of drug-likeness (QED) is 0.475. The molecule has 1 aliphatic heterocycles. The van der Waals surface area contributed by atoms with Gasteiger partial charge in [0, 0.05) is 31.6 Å². The number of hydrogen-bond acceptors (Lipinski definition) is 6. The second-order valence-corrected chi connectivity index (χ2v) is 8.39. The first kappa shape index (κ1) is 20.5. The van der Waals surface area contributed by atoms with Gasteiger partial charge < -0.3 is 14.2 Å². The highest BCUT2D eigenvalue weighted by atomic mass is 16.3. The lowest BCUT2D eigenvalue weighted by Gasteiger charge is -2.35. The highest BCUT2D eigenvalue weighted by Gasteiger charge is 2.31. The Labute approximate surface area is 186 Å². The molecule has 4 aromatic rings. The van der Waals surface area contributed by atoms with Crippen molar-refractivity contribution in [2.75, 3.05) is 31.1 Å². The van der Waals surface area contributed by atoms with E-state index in [1.165, 1.54) is 0 Å². The molecule has 1 saturated heterocycles. The summed E-state index contributed by atoms with van der Waals surface area (Å²) in [6.45, 7) is 9.05. The third-order valence-corrected chi connectivity index (χ3v) is 6.35. The van der Waals surface area contributed by atoms with Crippen LogP contribution in [0, 0.1) is 12.8 Å². The van der Waals surface area contributed by atoms with Gasteiger partial charge in [-0.15, -0.1) is 10.2 Å². The molecule has 4 heterocycles. The van der Waals surface area contributed by atoms with E-state index in [0.717, 1.165) is 60.5 Å². The zero-order valence-electron chi connectivity index (χ0n) is 18.8. The van der Waals surface area contributed by atoms with E-state index in [2.05, 4.69) is 34.2 Å². The summed E-state index contributed by atoms with van der Waals surface area (Å²) in [4.78, 5) is 22.2. The van der Waals surface area contributed by atoms with Crippen LogP contribution in [0.15, 0.2) is 41.0 Å². The molecule has 5 rings (SSSR count). The summed E-state index contributed by atoms with van der Waals surface area (Å²) in [6.07, 6.45) is 3.47. The maximum atomic E-state index is 13.1. The Morgan fingerprint density at radius 2 is 2.06 bits per heavy atom. The summed E-state index contributed by atoms with van der Waals surface area (Å²) in [7, 11) is 0. The van der Waals surface area contributed by atoms with Crippen LogP contribution in [0.4, 0.5) is 5.95 Å². The molecule has 0 N–H and O–H groups in total. The molecule has 0 spiro atoms. The van der Waals surface area contributed by atoms with E-state index in [9.17, 15) is 4.79 Å². The molecule has 0 saturated carbocycles. The number of piperidine rings is 1. The highest BCUT2D eigenvalue weighted by molar-refractivity contribution is 5.94. The fraction of sp³-hybridized carbons (Fsp3) is 0.417. The van der Waals surface area contributed by atoms with Gasteiger partial charge in [0.25, 0.3) is 0 Å². The van der Waals surface area contributed by atoms with Gasteiger partial charge in [-0.05, 0) is 57.9 Å². The van der Waals surface area contributed by atoms with Crippen LogP contribution in [0.5, 0.6) is 0 Å². The van der Waals surface area contributed by atoms with Crippen molar-refractivity contribution in [3.05, 3.63) is 42.2 Å². The minimum absolute atomic E-state index is 0.0437. The van der Waals surface area contributed by atoms with Crippen LogP contribution in [-0.4, -0.2) is 56.6 Å². The van der Waals surface area contributed by atoms with Crippen molar-refractivity contribution < 1.29 is 9.21 Å². The molecule has 0 bridgehead atoms. The Kier molecular flexibility index (Phi) is 5.28. The number of rotatable bonds is 5. The van der Waals surface area contributed by atoms with E-state index in [1.807, 2.05) is 41.3 Å². The van der Waals surface area contributed by atoms with Gasteiger partial charge in [0.2, 0.25) is 17.7 Å². The van der Waals surface area contributed by atoms with E-state index >= 15 is 0 Å². The van der Waals surface area contributed by atoms with Crippen LogP contribution in [0.1, 0.15) is 32.3 Å². The largest absolute Gasteiger partial charge is 0.461 e. The number of aromatic nitrogens is 4. The van der Waals surface area contributed by atoms with Crippen molar-refractivity contribution in [3.63, 3.8) is 0 Å². The van der Waals surface area contributed by atoms with Crippen LogP contribution in [-0.2, 0) is 4.79 Å². The lowest BCUT2D eigenvalue weighted by atomic mass is 9.96. The smallest absolute Gasteiger partial charge is 0.227 e. The van der Waals surface area contributed by atoms with Gasteiger partial charge in [-0.25, -0.2) is 9.38 Å². The molecule has 8 heteroatoms. The number of benzene rings is 1. The number of hydrogen-bond donors (Lipinski definition) is 0. The minimum atomic E-state index is -0.0437. The molecule has 0 unspecified atom stereocenters. The lowest BCUT2D eigenvalue weighted by Crippen LogP contribution is -2.45. The number of nitrogens with zero attached hydrogens (tertiary/aromatic N) is 6. The number of carbonyl (C=O) groups excluding carboxylic acids is 1. The molecule has 3 aromatic heterocycles. The molecule has 1 fully saturated rings. The predicted molar refractivity (Wildman–Crippen MR) is 124 cm³/mol. The molecular weight excluding hydrogens is 404 g/mol. The first-order valence-electron chi connectivity index (χ1n) is 11.3. The first-order chi connectivity index (χ1) is 15.6. The van der Waals surface area contributed by atoms with Crippen molar-refractivity contribution in [1.82, 2.24) is 24.5 Å². The summed E-state index contributed by atoms with van der Waals surface area (Å²) >= 11 is 0. The van der Waals surface area contributed by atoms with Gasteiger partial charge in [-0.1, -0.05) is 11.6 Å². The molecular formula is C24H28N6O2. The molecule has 1 atom stereocenters. The fourth-order valence-corrected chi connectivity index (χ4v) is 4.66. The number of amides is 1. The maximum absolute atomic E-state index is 13.1. The number of carbonyl (C=O) groups is 1. The molecule has 166 valence electrons. The topological polar surface area (TPSA) is 79.8 Å². The van der Waals surface area contributed by atoms with E-state index in [1.54, 1.807) is 6.26 Å². The van der Waals surface area contributed by atoms with Crippen molar-refractivity contribution in [1.29, 1.82) is 0 Å². The fourth-order valence-electron chi connectivity index (χ4n) is 4.66. The molecule has 32 heavy (non-hydrogen) atoms. The summed E-state index contributed by atoms with van der Waals surface area (Å²) in [5, 5.41) is 9.93. The molecule has 1 amide bonds. The van der Waals surface area contributed by atoms with Crippen molar-refractivity contribution in [2.45, 2.75) is 33.6 Å². The van der Waals surface area contributed by atoms with Crippen LogP contribution < -0.4 is 4.90 Å². The zero-order valence-corrected chi connectivity index (χ0v) is 18.8.